The number of aromatic nitrogens is 1. The highest BCUT2D eigenvalue weighted by atomic mass is 32.1. The van der Waals surface area contributed by atoms with Crippen molar-refractivity contribution >= 4 is 28.2 Å². The predicted molar refractivity (Wildman–Crippen MR) is 102 cm³/mol. The van der Waals surface area contributed by atoms with Crippen molar-refractivity contribution in [1.29, 1.82) is 0 Å². The van der Waals surface area contributed by atoms with Crippen molar-refractivity contribution in [3.63, 3.8) is 0 Å². The zero-order valence-corrected chi connectivity index (χ0v) is 15.6. The number of anilines is 2. The highest BCUT2D eigenvalue weighted by Crippen LogP contribution is 2.25. The molecular weight excluding hydrogens is 320 g/mol. The Morgan fingerprint density at radius 2 is 2.08 bits per heavy atom. The lowest BCUT2D eigenvalue weighted by atomic mass is 10.1. The normalized spacial score (nSPS) is 11.1. The lowest BCUT2D eigenvalue weighted by Gasteiger charge is -2.10. The summed E-state index contributed by atoms with van der Waals surface area (Å²) in [5, 5.41) is 6.29. The monoisotopic (exact) mass is 346 g/mol. The van der Waals surface area contributed by atoms with Gasteiger partial charge in [-0.25, -0.2) is 9.78 Å². The molecule has 6 heteroatoms. The molecule has 0 bridgehead atoms. The van der Waals surface area contributed by atoms with E-state index < -0.39 is 0 Å². The van der Waals surface area contributed by atoms with E-state index in [-0.39, 0.29) is 6.03 Å². The summed E-state index contributed by atoms with van der Waals surface area (Å²) in [4.78, 5) is 19.7. The van der Waals surface area contributed by atoms with Crippen molar-refractivity contribution in [2.75, 3.05) is 31.3 Å². The summed E-state index contributed by atoms with van der Waals surface area (Å²) >= 11 is 1.51. The summed E-state index contributed by atoms with van der Waals surface area (Å²) < 4.78 is 0. The number of nitrogens with zero attached hydrogens (tertiary/aromatic N) is 2. The van der Waals surface area contributed by atoms with Crippen molar-refractivity contribution in [2.24, 2.45) is 0 Å². The van der Waals surface area contributed by atoms with Gasteiger partial charge in [0, 0.05) is 16.8 Å². The number of hydrogen-bond donors (Lipinski definition) is 2. The van der Waals surface area contributed by atoms with E-state index in [0.717, 1.165) is 30.0 Å². The molecule has 2 amide bonds. The Labute approximate surface area is 148 Å². The number of urea groups is 1. The van der Waals surface area contributed by atoms with Crippen molar-refractivity contribution in [3.05, 3.63) is 40.9 Å². The number of rotatable bonds is 7. The quantitative estimate of drug-likeness (QED) is 0.781. The molecule has 0 aliphatic rings. The molecule has 0 aliphatic heterocycles. The molecule has 0 aliphatic carbocycles. The molecular formula is C18H26N4OS. The number of nitrogens with one attached hydrogen (secondary N) is 2. The van der Waals surface area contributed by atoms with Gasteiger partial charge in [0.1, 0.15) is 0 Å². The zero-order chi connectivity index (χ0) is 17.5. The largest absolute Gasteiger partial charge is 0.325 e. The molecule has 0 saturated carbocycles. The molecule has 2 rings (SSSR count). The first-order valence-corrected chi connectivity index (χ1v) is 9.03. The Morgan fingerprint density at radius 1 is 1.29 bits per heavy atom. The Balaban J connectivity index is 1.88. The van der Waals surface area contributed by atoms with Crippen LogP contribution in [-0.2, 0) is 6.42 Å². The molecule has 1 aromatic heterocycles. The van der Waals surface area contributed by atoms with E-state index >= 15 is 0 Å². The minimum atomic E-state index is -0.259. The van der Waals surface area contributed by atoms with E-state index in [9.17, 15) is 4.79 Å². The Morgan fingerprint density at radius 3 is 2.75 bits per heavy atom. The maximum Gasteiger partial charge on any atom is 0.325 e. The van der Waals surface area contributed by atoms with Crippen LogP contribution in [0.1, 0.15) is 36.6 Å². The fourth-order valence-electron chi connectivity index (χ4n) is 2.27. The molecule has 5 nitrogen and oxygen atoms in total. The first kappa shape index (κ1) is 18.4. The van der Waals surface area contributed by atoms with Gasteiger partial charge >= 0.3 is 6.03 Å². The van der Waals surface area contributed by atoms with Gasteiger partial charge in [0.15, 0.2) is 5.13 Å². The predicted octanol–water partition coefficient (Wildman–Crippen LogP) is 4.40. The van der Waals surface area contributed by atoms with Crippen LogP contribution < -0.4 is 10.6 Å². The Kier molecular flexibility index (Phi) is 6.75. The number of carbonyl (C=O) groups is 1. The van der Waals surface area contributed by atoms with E-state index in [1.807, 2.05) is 24.4 Å². The molecule has 2 N–H and O–H groups in total. The molecule has 0 saturated heterocycles. The van der Waals surface area contributed by atoms with Crippen molar-refractivity contribution < 1.29 is 4.79 Å². The summed E-state index contributed by atoms with van der Waals surface area (Å²) in [6, 6.07) is 7.73. The van der Waals surface area contributed by atoms with Crippen molar-refractivity contribution in [3.8, 4) is 0 Å². The summed E-state index contributed by atoms with van der Waals surface area (Å²) in [7, 11) is 4.15. The fourth-order valence-corrected chi connectivity index (χ4v) is 3.09. The smallest absolute Gasteiger partial charge is 0.309 e. The SMILES string of the molecule is CC(C)c1cnc(NC(=O)Nc2cccc(CCCN(C)C)c2)s1. The van der Waals surface area contributed by atoms with E-state index in [4.69, 9.17) is 0 Å². The first-order valence-electron chi connectivity index (χ1n) is 8.21. The van der Waals surface area contributed by atoms with Crippen molar-refractivity contribution in [2.45, 2.75) is 32.6 Å². The van der Waals surface area contributed by atoms with Crippen molar-refractivity contribution in [1.82, 2.24) is 9.88 Å². The summed E-state index contributed by atoms with van der Waals surface area (Å²) in [6.07, 6.45) is 3.91. The van der Waals surface area contributed by atoms with Gasteiger partial charge < -0.3 is 10.2 Å². The third-order valence-electron chi connectivity index (χ3n) is 3.57. The van der Waals surface area contributed by atoms with Gasteiger partial charge in [-0.05, 0) is 57.1 Å². The zero-order valence-electron chi connectivity index (χ0n) is 14.8. The lowest BCUT2D eigenvalue weighted by Crippen LogP contribution is -2.19. The number of thiazole rings is 1. The van der Waals surface area contributed by atoms with Crippen LogP contribution in [0.25, 0.3) is 0 Å². The number of amides is 2. The van der Waals surface area contributed by atoms with Gasteiger partial charge in [-0.2, -0.15) is 0 Å². The Bertz CT molecular complexity index is 667. The second kappa shape index (κ2) is 8.80. The van der Waals surface area contributed by atoms with Crippen LogP contribution in [0, 0.1) is 0 Å². The molecule has 2 aromatic rings. The van der Waals surface area contributed by atoms with Gasteiger partial charge in [0.05, 0.1) is 0 Å². The average molecular weight is 347 g/mol. The van der Waals surface area contributed by atoms with Crippen LogP contribution in [0.5, 0.6) is 0 Å². The van der Waals surface area contributed by atoms with Gasteiger partial charge in [-0.1, -0.05) is 26.0 Å². The summed E-state index contributed by atoms with van der Waals surface area (Å²) in [5.41, 5.74) is 2.03. The van der Waals surface area contributed by atoms with Crippen LogP contribution >= 0.6 is 11.3 Å². The molecule has 24 heavy (non-hydrogen) atoms. The summed E-state index contributed by atoms with van der Waals surface area (Å²) in [5.74, 6) is 0.417. The second-order valence-corrected chi connectivity index (χ2v) is 7.47. The third kappa shape index (κ3) is 5.94. The maximum absolute atomic E-state index is 12.1. The standard InChI is InChI=1S/C18H26N4OS/c1-13(2)16-12-19-18(24-16)21-17(23)20-15-9-5-7-14(11-15)8-6-10-22(3)4/h5,7,9,11-13H,6,8,10H2,1-4H3,(H2,19,20,21,23). The van der Waals surface area contributed by atoms with E-state index in [1.165, 1.54) is 16.9 Å². The highest BCUT2D eigenvalue weighted by molar-refractivity contribution is 7.15. The van der Waals surface area contributed by atoms with Gasteiger partial charge in [-0.3, -0.25) is 5.32 Å². The minimum Gasteiger partial charge on any atom is -0.309 e. The molecule has 0 spiro atoms. The number of carbonyl (C=O) groups excluding carboxylic acids is 1. The molecule has 0 atom stereocenters. The van der Waals surface area contributed by atoms with Crippen LogP contribution in [0.3, 0.4) is 0 Å². The maximum atomic E-state index is 12.1. The highest BCUT2D eigenvalue weighted by Gasteiger charge is 2.09. The molecule has 130 valence electrons. The molecule has 0 radical (unpaired) electrons. The number of hydrogen-bond acceptors (Lipinski definition) is 4. The summed E-state index contributed by atoms with van der Waals surface area (Å²) in [6.45, 7) is 5.28. The Hall–Kier alpha value is -1.92. The van der Waals surface area contributed by atoms with Gasteiger partial charge in [0.25, 0.3) is 0 Å². The van der Waals surface area contributed by atoms with E-state index in [0.29, 0.717) is 11.0 Å². The number of aryl methyl sites for hydroxylation is 1. The van der Waals surface area contributed by atoms with Crippen LogP contribution in [0.15, 0.2) is 30.5 Å². The minimum absolute atomic E-state index is 0.259. The van der Waals surface area contributed by atoms with E-state index in [1.54, 1.807) is 0 Å². The number of benzene rings is 1. The fraction of sp³-hybridized carbons (Fsp3) is 0.444. The van der Waals surface area contributed by atoms with E-state index in [2.05, 4.69) is 54.5 Å². The topological polar surface area (TPSA) is 57.3 Å². The lowest BCUT2D eigenvalue weighted by molar-refractivity contribution is 0.262. The van der Waals surface area contributed by atoms with Gasteiger partial charge in [-0.15, -0.1) is 11.3 Å². The molecule has 1 aromatic carbocycles. The third-order valence-corrected chi connectivity index (χ3v) is 4.78. The molecule has 0 fully saturated rings. The van der Waals surface area contributed by atoms with Crippen LogP contribution in [0.4, 0.5) is 15.6 Å². The average Bonchev–Trinajstić information content (AvgIpc) is 2.96. The van der Waals surface area contributed by atoms with Gasteiger partial charge in [0.2, 0.25) is 0 Å². The van der Waals surface area contributed by atoms with Crippen LogP contribution in [-0.4, -0.2) is 36.6 Å². The molecule has 1 heterocycles. The molecule has 0 unspecified atom stereocenters. The van der Waals surface area contributed by atoms with Crippen LogP contribution in [0.2, 0.25) is 0 Å². The second-order valence-electron chi connectivity index (χ2n) is 6.41. The first-order chi connectivity index (χ1) is 11.4.